The van der Waals surface area contributed by atoms with Crippen molar-refractivity contribution >= 4 is 17.3 Å². The number of aryl methyl sites for hydroxylation is 1. The molecule has 0 radical (unpaired) electrons. The Morgan fingerprint density at radius 2 is 2.13 bits per heavy atom. The molecule has 2 aliphatic carbocycles. The Morgan fingerprint density at radius 3 is 2.73 bits per heavy atom. The molecule has 1 aromatic rings. The molecule has 0 amide bonds. The highest BCUT2D eigenvalue weighted by Gasteiger charge is 2.59. The third kappa shape index (κ3) is 4.83. The zero-order chi connectivity index (χ0) is 21.0. The van der Waals surface area contributed by atoms with E-state index >= 15 is 0 Å². The van der Waals surface area contributed by atoms with Crippen LogP contribution in [0.4, 0.5) is 0 Å². The minimum atomic E-state index is 0.367. The SMILES string of the molecule is CCNC(=NCC1CCN(Cc2csc(C)n2)CC1)NC1CC(OCC)C12CCC2. The van der Waals surface area contributed by atoms with Crippen LogP contribution < -0.4 is 10.6 Å². The lowest BCUT2D eigenvalue weighted by Crippen LogP contribution is -2.68. The van der Waals surface area contributed by atoms with Crippen LogP contribution in [0, 0.1) is 18.3 Å². The highest BCUT2D eigenvalue weighted by Crippen LogP contribution is 2.57. The Morgan fingerprint density at radius 1 is 1.33 bits per heavy atom. The molecular formula is C23H39N5OS. The number of nitrogens with zero attached hydrogens (tertiary/aromatic N) is 3. The molecular weight excluding hydrogens is 394 g/mol. The maximum Gasteiger partial charge on any atom is 0.191 e. The highest BCUT2D eigenvalue weighted by atomic mass is 32.1. The van der Waals surface area contributed by atoms with Gasteiger partial charge in [0.15, 0.2) is 5.96 Å². The summed E-state index contributed by atoms with van der Waals surface area (Å²) in [6.07, 6.45) is 7.96. The Bertz CT molecular complexity index is 708. The van der Waals surface area contributed by atoms with Crippen LogP contribution in [0.5, 0.6) is 0 Å². The molecule has 168 valence electrons. The largest absolute Gasteiger partial charge is 0.378 e. The van der Waals surface area contributed by atoms with Gasteiger partial charge in [0.25, 0.3) is 0 Å². The number of thiazole rings is 1. The lowest BCUT2D eigenvalue weighted by molar-refractivity contribution is -0.168. The van der Waals surface area contributed by atoms with Crippen molar-refractivity contribution in [2.75, 3.05) is 32.8 Å². The first-order valence-corrected chi connectivity index (χ1v) is 12.8. The minimum Gasteiger partial charge on any atom is -0.378 e. The topological polar surface area (TPSA) is 61.8 Å². The van der Waals surface area contributed by atoms with Gasteiger partial charge in [-0.2, -0.15) is 0 Å². The zero-order valence-corrected chi connectivity index (χ0v) is 19.8. The normalized spacial score (nSPS) is 27.0. The van der Waals surface area contributed by atoms with Gasteiger partial charge in [-0.15, -0.1) is 11.3 Å². The van der Waals surface area contributed by atoms with Crippen LogP contribution in [-0.2, 0) is 11.3 Å². The van der Waals surface area contributed by atoms with Crippen LogP contribution >= 0.6 is 11.3 Å². The summed E-state index contributed by atoms with van der Waals surface area (Å²) in [7, 11) is 0. The van der Waals surface area contributed by atoms with E-state index < -0.39 is 0 Å². The van der Waals surface area contributed by atoms with Gasteiger partial charge in [0.05, 0.1) is 16.8 Å². The van der Waals surface area contributed by atoms with Crippen LogP contribution in [0.2, 0.25) is 0 Å². The molecule has 2 saturated carbocycles. The van der Waals surface area contributed by atoms with Crippen molar-refractivity contribution in [3.8, 4) is 0 Å². The van der Waals surface area contributed by atoms with Gasteiger partial charge in [0, 0.05) is 43.1 Å². The number of piperidine rings is 1. The van der Waals surface area contributed by atoms with Gasteiger partial charge in [-0.1, -0.05) is 6.42 Å². The van der Waals surface area contributed by atoms with E-state index in [1.54, 1.807) is 11.3 Å². The van der Waals surface area contributed by atoms with Crippen molar-refractivity contribution in [2.24, 2.45) is 16.3 Å². The van der Waals surface area contributed by atoms with E-state index in [1.807, 2.05) is 0 Å². The number of likely N-dealkylation sites (tertiary alicyclic amines) is 1. The summed E-state index contributed by atoms with van der Waals surface area (Å²) in [5.74, 6) is 1.69. The number of rotatable bonds is 8. The second kappa shape index (κ2) is 9.96. The first kappa shape index (κ1) is 22.0. The third-order valence-electron chi connectivity index (χ3n) is 7.36. The standard InChI is InChI=1S/C23H39N5OS/c1-4-24-22(27-20-13-21(29-5-2)23(20)9-6-10-23)25-14-18-7-11-28(12-8-18)15-19-16-30-17(3)26-19/h16,18,20-21H,4-15H2,1-3H3,(H2,24,25,27). The average Bonchev–Trinajstić information content (AvgIpc) is 3.09. The third-order valence-corrected chi connectivity index (χ3v) is 8.18. The first-order chi connectivity index (χ1) is 14.6. The van der Waals surface area contributed by atoms with E-state index in [4.69, 9.17) is 9.73 Å². The summed E-state index contributed by atoms with van der Waals surface area (Å²) in [6, 6.07) is 0.518. The Balaban J connectivity index is 1.24. The Kier molecular flexibility index (Phi) is 7.32. The average molecular weight is 434 g/mol. The van der Waals surface area contributed by atoms with Crippen LogP contribution in [0.3, 0.4) is 0 Å². The van der Waals surface area contributed by atoms with E-state index in [0.717, 1.165) is 51.7 Å². The van der Waals surface area contributed by atoms with Gasteiger partial charge < -0.3 is 15.4 Å². The summed E-state index contributed by atoms with van der Waals surface area (Å²) < 4.78 is 6.01. The summed E-state index contributed by atoms with van der Waals surface area (Å²) in [6.45, 7) is 12.3. The number of aromatic nitrogens is 1. The molecule has 3 aliphatic rings. The molecule has 1 saturated heterocycles. The first-order valence-electron chi connectivity index (χ1n) is 11.9. The van der Waals surface area contributed by atoms with E-state index in [9.17, 15) is 0 Å². The number of nitrogens with one attached hydrogen (secondary N) is 2. The maximum absolute atomic E-state index is 6.01. The monoisotopic (exact) mass is 433 g/mol. The van der Waals surface area contributed by atoms with Crippen molar-refractivity contribution < 1.29 is 4.74 Å². The van der Waals surface area contributed by atoms with Gasteiger partial charge in [-0.25, -0.2) is 4.98 Å². The highest BCUT2D eigenvalue weighted by molar-refractivity contribution is 7.09. The second-order valence-corrected chi connectivity index (χ2v) is 10.3. The quantitative estimate of drug-likeness (QED) is 0.485. The molecule has 4 rings (SSSR count). The molecule has 30 heavy (non-hydrogen) atoms. The predicted molar refractivity (Wildman–Crippen MR) is 124 cm³/mol. The predicted octanol–water partition coefficient (Wildman–Crippen LogP) is 3.57. The smallest absolute Gasteiger partial charge is 0.191 e. The van der Waals surface area contributed by atoms with Gasteiger partial charge >= 0.3 is 0 Å². The number of ether oxygens (including phenoxy) is 1. The molecule has 2 unspecified atom stereocenters. The minimum absolute atomic E-state index is 0.367. The number of aliphatic imine (C=N–C) groups is 1. The summed E-state index contributed by atoms with van der Waals surface area (Å²) in [4.78, 5) is 12.1. The van der Waals surface area contributed by atoms with Gasteiger partial charge in [0.1, 0.15) is 0 Å². The van der Waals surface area contributed by atoms with Gasteiger partial charge in [0.2, 0.25) is 0 Å². The molecule has 0 aromatic carbocycles. The van der Waals surface area contributed by atoms with Crippen LogP contribution in [0.15, 0.2) is 10.4 Å². The molecule has 2 atom stereocenters. The summed E-state index contributed by atoms with van der Waals surface area (Å²) >= 11 is 1.75. The lowest BCUT2D eigenvalue weighted by Gasteiger charge is -2.61. The number of hydrogen-bond acceptors (Lipinski definition) is 5. The van der Waals surface area contributed by atoms with E-state index in [0.29, 0.717) is 23.5 Å². The van der Waals surface area contributed by atoms with E-state index in [-0.39, 0.29) is 0 Å². The van der Waals surface area contributed by atoms with E-state index in [1.165, 1.54) is 42.8 Å². The fourth-order valence-electron chi connectivity index (χ4n) is 5.38. The molecule has 6 nitrogen and oxygen atoms in total. The number of guanidine groups is 1. The number of hydrogen-bond donors (Lipinski definition) is 2. The Labute approximate surface area is 185 Å². The molecule has 1 aromatic heterocycles. The maximum atomic E-state index is 6.01. The van der Waals surface area contributed by atoms with Crippen molar-refractivity contribution in [1.82, 2.24) is 20.5 Å². The van der Waals surface area contributed by atoms with Crippen LogP contribution in [0.25, 0.3) is 0 Å². The molecule has 0 bridgehead atoms. The molecule has 7 heteroatoms. The summed E-state index contributed by atoms with van der Waals surface area (Å²) in [5, 5.41) is 10.6. The molecule has 2 heterocycles. The van der Waals surface area contributed by atoms with Crippen molar-refractivity contribution in [2.45, 2.75) is 78.0 Å². The van der Waals surface area contributed by atoms with E-state index in [2.05, 4.69) is 46.7 Å². The van der Waals surface area contributed by atoms with Gasteiger partial charge in [-0.05, 0) is 71.9 Å². The van der Waals surface area contributed by atoms with Crippen molar-refractivity contribution in [1.29, 1.82) is 0 Å². The fraction of sp³-hybridized carbons (Fsp3) is 0.826. The van der Waals surface area contributed by atoms with Crippen LogP contribution in [0.1, 0.15) is 63.1 Å². The van der Waals surface area contributed by atoms with Crippen molar-refractivity contribution in [3.63, 3.8) is 0 Å². The molecule has 3 fully saturated rings. The van der Waals surface area contributed by atoms with Crippen LogP contribution in [-0.4, -0.2) is 60.8 Å². The molecule has 1 spiro atoms. The van der Waals surface area contributed by atoms with Gasteiger partial charge in [-0.3, -0.25) is 9.89 Å². The second-order valence-electron chi connectivity index (χ2n) is 9.26. The fourth-order valence-corrected chi connectivity index (χ4v) is 5.99. The summed E-state index contributed by atoms with van der Waals surface area (Å²) in [5.41, 5.74) is 1.59. The molecule has 1 aliphatic heterocycles. The Hall–Kier alpha value is -1.18. The van der Waals surface area contributed by atoms with Crippen molar-refractivity contribution in [3.05, 3.63) is 16.1 Å². The lowest BCUT2D eigenvalue weighted by atomic mass is 9.51. The molecule has 2 N–H and O–H groups in total. The zero-order valence-electron chi connectivity index (χ0n) is 19.0.